The first kappa shape index (κ1) is 10.3. The average Bonchev–Trinajstić information content (AvgIpc) is 2.15. The highest BCUT2D eigenvalue weighted by atomic mass is 16.4. The van der Waals surface area contributed by atoms with Gasteiger partial charge in [-0.05, 0) is 18.8 Å². The molecule has 1 rings (SSSR count). The average molecular weight is 182 g/mol. The largest absolute Gasteiger partial charge is 0.478 e. The zero-order chi connectivity index (χ0) is 9.68. The number of carboxylic acid groups (broad SMARTS) is 1. The lowest BCUT2D eigenvalue weighted by Gasteiger charge is -2.21. The summed E-state index contributed by atoms with van der Waals surface area (Å²) in [5, 5.41) is 8.61. The summed E-state index contributed by atoms with van der Waals surface area (Å²) in [6.45, 7) is 3.54. The summed E-state index contributed by atoms with van der Waals surface area (Å²) in [6, 6.07) is 0. The standard InChI is InChI=1S/C11H18O2/c1-9(11(12)13)7-8-10-5-3-2-4-6-10/h10H,1-8H2,(H,12,13). The summed E-state index contributed by atoms with van der Waals surface area (Å²) in [4.78, 5) is 10.5. The molecule has 0 atom stereocenters. The van der Waals surface area contributed by atoms with Crippen LogP contribution in [-0.4, -0.2) is 11.1 Å². The van der Waals surface area contributed by atoms with Crippen LogP contribution in [0.3, 0.4) is 0 Å². The molecule has 0 spiro atoms. The number of rotatable bonds is 4. The van der Waals surface area contributed by atoms with Gasteiger partial charge in [0.15, 0.2) is 0 Å². The van der Waals surface area contributed by atoms with Crippen molar-refractivity contribution in [2.24, 2.45) is 5.92 Å². The topological polar surface area (TPSA) is 37.3 Å². The van der Waals surface area contributed by atoms with Gasteiger partial charge in [0, 0.05) is 5.57 Å². The summed E-state index contributed by atoms with van der Waals surface area (Å²) >= 11 is 0. The fraction of sp³-hybridized carbons (Fsp3) is 0.727. The SMILES string of the molecule is C=C(CCC1CCCCC1)C(=O)O. The Balaban J connectivity index is 2.17. The number of carbonyl (C=O) groups is 1. The highest BCUT2D eigenvalue weighted by molar-refractivity contribution is 5.85. The fourth-order valence-corrected chi connectivity index (χ4v) is 1.96. The van der Waals surface area contributed by atoms with Gasteiger partial charge in [0.25, 0.3) is 0 Å². The van der Waals surface area contributed by atoms with Crippen LogP contribution in [0.1, 0.15) is 44.9 Å². The summed E-state index contributed by atoms with van der Waals surface area (Å²) in [6.07, 6.45) is 8.26. The van der Waals surface area contributed by atoms with Crippen LogP contribution < -0.4 is 0 Å². The Morgan fingerprint density at radius 3 is 2.46 bits per heavy atom. The predicted molar refractivity (Wildman–Crippen MR) is 52.6 cm³/mol. The normalized spacial score (nSPS) is 18.5. The molecule has 1 N–H and O–H groups in total. The monoisotopic (exact) mass is 182 g/mol. The first-order valence-corrected chi connectivity index (χ1v) is 5.11. The molecule has 0 aromatic heterocycles. The Morgan fingerprint density at radius 2 is 1.92 bits per heavy atom. The number of hydrogen-bond acceptors (Lipinski definition) is 1. The van der Waals surface area contributed by atoms with Crippen LogP contribution in [0.15, 0.2) is 12.2 Å². The van der Waals surface area contributed by atoms with Crippen LogP contribution >= 0.6 is 0 Å². The van der Waals surface area contributed by atoms with E-state index in [2.05, 4.69) is 6.58 Å². The minimum atomic E-state index is -0.837. The molecule has 13 heavy (non-hydrogen) atoms. The highest BCUT2D eigenvalue weighted by Gasteiger charge is 2.14. The van der Waals surface area contributed by atoms with Crippen molar-refractivity contribution in [1.29, 1.82) is 0 Å². The molecule has 0 amide bonds. The van der Waals surface area contributed by atoms with E-state index in [1.807, 2.05) is 0 Å². The second-order valence-electron chi connectivity index (χ2n) is 3.95. The van der Waals surface area contributed by atoms with Crippen LogP contribution in [-0.2, 0) is 4.79 Å². The van der Waals surface area contributed by atoms with E-state index in [1.54, 1.807) is 0 Å². The molecule has 0 saturated heterocycles. The van der Waals surface area contributed by atoms with Crippen molar-refractivity contribution in [3.63, 3.8) is 0 Å². The van der Waals surface area contributed by atoms with Gasteiger partial charge < -0.3 is 5.11 Å². The van der Waals surface area contributed by atoms with Gasteiger partial charge in [0.2, 0.25) is 0 Å². The van der Waals surface area contributed by atoms with Crippen LogP contribution in [0.2, 0.25) is 0 Å². The molecule has 0 bridgehead atoms. The Kier molecular flexibility index (Phi) is 4.00. The molecule has 1 saturated carbocycles. The van der Waals surface area contributed by atoms with E-state index in [4.69, 9.17) is 5.11 Å². The van der Waals surface area contributed by atoms with Crippen LogP contribution in [0.5, 0.6) is 0 Å². The van der Waals surface area contributed by atoms with Crippen molar-refractivity contribution < 1.29 is 9.90 Å². The molecule has 1 aliphatic rings. The Labute approximate surface area is 79.6 Å². The third kappa shape index (κ3) is 3.62. The van der Waals surface area contributed by atoms with Gasteiger partial charge in [-0.15, -0.1) is 0 Å². The van der Waals surface area contributed by atoms with E-state index in [-0.39, 0.29) is 0 Å². The van der Waals surface area contributed by atoms with Gasteiger partial charge in [0.1, 0.15) is 0 Å². The van der Waals surface area contributed by atoms with Crippen LogP contribution in [0.4, 0.5) is 0 Å². The Bertz CT molecular complexity index is 190. The molecule has 2 nitrogen and oxygen atoms in total. The first-order valence-electron chi connectivity index (χ1n) is 5.11. The van der Waals surface area contributed by atoms with Gasteiger partial charge in [-0.25, -0.2) is 4.79 Å². The smallest absolute Gasteiger partial charge is 0.330 e. The molecule has 0 aromatic carbocycles. The zero-order valence-electron chi connectivity index (χ0n) is 8.09. The van der Waals surface area contributed by atoms with E-state index in [0.29, 0.717) is 12.0 Å². The molecule has 0 heterocycles. The lowest BCUT2D eigenvalue weighted by atomic mass is 9.85. The van der Waals surface area contributed by atoms with E-state index in [0.717, 1.165) is 12.3 Å². The summed E-state index contributed by atoms with van der Waals surface area (Å²) in [5.41, 5.74) is 0.366. The van der Waals surface area contributed by atoms with Crippen molar-refractivity contribution in [2.45, 2.75) is 44.9 Å². The maximum absolute atomic E-state index is 10.5. The fourth-order valence-electron chi connectivity index (χ4n) is 1.96. The maximum Gasteiger partial charge on any atom is 0.330 e. The molecular formula is C11H18O2. The summed E-state index contributed by atoms with van der Waals surface area (Å²) in [5.74, 6) is -0.0827. The second-order valence-corrected chi connectivity index (χ2v) is 3.95. The molecule has 0 aliphatic heterocycles. The number of carboxylic acids is 1. The highest BCUT2D eigenvalue weighted by Crippen LogP contribution is 2.28. The lowest BCUT2D eigenvalue weighted by molar-refractivity contribution is -0.132. The van der Waals surface area contributed by atoms with Gasteiger partial charge in [-0.2, -0.15) is 0 Å². The zero-order valence-corrected chi connectivity index (χ0v) is 8.09. The van der Waals surface area contributed by atoms with E-state index in [1.165, 1.54) is 32.1 Å². The summed E-state index contributed by atoms with van der Waals surface area (Å²) in [7, 11) is 0. The minimum Gasteiger partial charge on any atom is -0.478 e. The van der Waals surface area contributed by atoms with E-state index in [9.17, 15) is 4.79 Å². The molecule has 0 unspecified atom stereocenters. The van der Waals surface area contributed by atoms with Crippen LogP contribution in [0, 0.1) is 5.92 Å². The van der Waals surface area contributed by atoms with Crippen molar-refractivity contribution in [3.8, 4) is 0 Å². The number of aliphatic carboxylic acids is 1. The lowest BCUT2D eigenvalue weighted by Crippen LogP contribution is -2.08. The van der Waals surface area contributed by atoms with Gasteiger partial charge in [-0.1, -0.05) is 38.7 Å². The number of hydrogen-bond donors (Lipinski definition) is 1. The van der Waals surface area contributed by atoms with Crippen LogP contribution in [0.25, 0.3) is 0 Å². The first-order chi connectivity index (χ1) is 6.20. The maximum atomic E-state index is 10.5. The van der Waals surface area contributed by atoms with Gasteiger partial charge in [-0.3, -0.25) is 0 Å². The third-order valence-corrected chi connectivity index (χ3v) is 2.88. The van der Waals surface area contributed by atoms with Crippen molar-refractivity contribution in [2.75, 3.05) is 0 Å². The van der Waals surface area contributed by atoms with E-state index < -0.39 is 5.97 Å². The molecule has 0 radical (unpaired) electrons. The third-order valence-electron chi connectivity index (χ3n) is 2.88. The molecular weight excluding hydrogens is 164 g/mol. The Hall–Kier alpha value is -0.790. The summed E-state index contributed by atoms with van der Waals surface area (Å²) < 4.78 is 0. The minimum absolute atomic E-state index is 0.366. The molecule has 1 aliphatic carbocycles. The van der Waals surface area contributed by atoms with Crippen molar-refractivity contribution >= 4 is 5.97 Å². The Morgan fingerprint density at radius 1 is 1.31 bits per heavy atom. The molecule has 0 aromatic rings. The van der Waals surface area contributed by atoms with Crippen molar-refractivity contribution in [1.82, 2.24) is 0 Å². The van der Waals surface area contributed by atoms with Gasteiger partial charge >= 0.3 is 5.97 Å². The quantitative estimate of drug-likeness (QED) is 0.678. The van der Waals surface area contributed by atoms with E-state index >= 15 is 0 Å². The van der Waals surface area contributed by atoms with Gasteiger partial charge in [0.05, 0.1) is 0 Å². The second kappa shape index (κ2) is 5.05. The van der Waals surface area contributed by atoms with Crippen molar-refractivity contribution in [3.05, 3.63) is 12.2 Å². The molecule has 1 fully saturated rings. The molecule has 2 heteroatoms. The molecule has 74 valence electrons. The predicted octanol–water partition coefficient (Wildman–Crippen LogP) is 2.99.